The number of fused-ring (bicyclic) bond motifs is 1. The second-order valence-corrected chi connectivity index (χ2v) is 6.84. The summed E-state index contributed by atoms with van der Waals surface area (Å²) in [6.45, 7) is 0. The average Bonchev–Trinajstić information content (AvgIpc) is 3.41. The highest BCUT2D eigenvalue weighted by molar-refractivity contribution is 5.81. The summed E-state index contributed by atoms with van der Waals surface area (Å²) in [5.41, 5.74) is 5.71. The van der Waals surface area contributed by atoms with Crippen molar-refractivity contribution >= 4 is 11.0 Å². The van der Waals surface area contributed by atoms with Gasteiger partial charge in [0.2, 0.25) is 0 Å². The maximum absolute atomic E-state index is 4.49. The van der Waals surface area contributed by atoms with Crippen LogP contribution in [0.15, 0.2) is 61.3 Å². The normalized spacial score (nSPS) is 15.2. The van der Waals surface area contributed by atoms with Crippen molar-refractivity contribution in [1.29, 1.82) is 0 Å². The van der Waals surface area contributed by atoms with Gasteiger partial charge < -0.3 is 9.55 Å². The molecule has 0 aliphatic heterocycles. The number of H-pyrrole nitrogens is 1. The van der Waals surface area contributed by atoms with Crippen LogP contribution < -0.4 is 0 Å². The van der Waals surface area contributed by atoms with Crippen molar-refractivity contribution in [3.05, 3.63) is 61.3 Å². The molecule has 1 aliphatic carbocycles. The van der Waals surface area contributed by atoms with E-state index in [1.165, 1.54) is 42.5 Å². The van der Waals surface area contributed by atoms with Crippen LogP contribution >= 0.6 is 0 Å². The van der Waals surface area contributed by atoms with Crippen LogP contribution in [0.1, 0.15) is 31.7 Å². The molecule has 1 aromatic carbocycles. The number of rotatable bonds is 3. The van der Waals surface area contributed by atoms with E-state index >= 15 is 0 Å². The molecule has 1 N–H and O–H groups in total. The zero-order valence-electron chi connectivity index (χ0n) is 14.0. The van der Waals surface area contributed by atoms with Gasteiger partial charge in [-0.05, 0) is 36.1 Å². The Morgan fingerprint density at radius 2 is 1.72 bits per heavy atom. The maximum Gasteiger partial charge on any atom is 0.137 e. The molecule has 0 atom stereocenters. The number of benzene rings is 1. The quantitative estimate of drug-likeness (QED) is 0.561. The van der Waals surface area contributed by atoms with E-state index in [1.807, 2.05) is 24.9 Å². The lowest BCUT2D eigenvalue weighted by Gasteiger charge is -2.15. The second-order valence-electron chi connectivity index (χ2n) is 6.84. The zero-order valence-corrected chi connectivity index (χ0v) is 14.0. The van der Waals surface area contributed by atoms with Gasteiger partial charge in [0.15, 0.2) is 0 Å². The Labute approximate surface area is 146 Å². The summed E-state index contributed by atoms with van der Waals surface area (Å²) >= 11 is 0. The van der Waals surface area contributed by atoms with Crippen molar-refractivity contribution < 1.29 is 0 Å². The van der Waals surface area contributed by atoms with E-state index in [0.717, 1.165) is 16.6 Å². The summed E-state index contributed by atoms with van der Waals surface area (Å²) in [5, 5.41) is 1.14. The van der Waals surface area contributed by atoms with Crippen LogP contribution in [0.25, 0.3) is 33.4 Å². The van der Waals surface area contributed by atoms with Crippen LogP contribution in [0.5, 0.6) is 0 Å². The van der Waals surface area contributed by atoms with Gasteiger partial charge in [0.1, 0.15) is 5.65 Å². The van der Waals surface area contributed by atoms with Gasteiger partial charge in [-0.2, -0.15) is 0 Å². The van der Waals surface area contributed by atoms with Crippen molar-refractivity contribution in [3.8, 4) is 22.4 Å². The van der Waals surface area contributed by atoms with Gasteiger partial charge in [-0.1, -0.05) is 37.1 Å². The molecule has 5 rings (SSSR count). The van der Waals surface area contributed by atoms with Crippen LogP contribution in [0.3, 0.4) is 0 Å². The third-order valence-electron chi connectivity index (χ3n) is 5.30. The van der Waals surface area contributed by atoms with E-state index in [2.05, 4.69) is 55.9 Å². The lowest BCUT2D eigenvalue weighted by molar-refractivity contribution is 0.523. The standard InChI is InChI=1S/C21H20N4/c1-2-4-19(3-1)25-14-22-13-20(25)16-7-5-15(6-8-16)18-11-17-9-10-23-21(17)24-12-18/h5-14,19H,1-4H2,(H,23,24). The number of nitrogens with one attached hydrogen (secondary N) is 1. The minimum Gasteiger partial charge on any atom is -0.346 e. The third kappa shape index (κ3) is 2.54. The SMILES string of the molecule is c1cc2cc(-c3ccc(-c4cncn4C4CCCC4)cc3)cnc2[nH]1. The zero-order chi connectivity index (χ0) is 16.6. The first-order valence-electron chi connectivity index (χ1n) is 8.94. The molecule has 1 saturated carbocycles. The van der Waals surface area contributed by atoms with Crippen LogP contribution in [-0.2, 0) is 0 Å². The Morgan fingerprint density at radius 3 is 2.56 bits per heavy atom. The summed E-state index contributed by atoms with van der Waals surface area (Å²) in [5.74, 6) is 0. The third-order valence-corrected chi connectivity index (χ3v) is 5.30. The molecule has 0 unspecified atom stereocenters. The van der Waals surface area contributed by atoms with Crippen LogP contribution in [0.4, 0.5) is 0 Å². The van der Waals surface area contributed by atoms with Gasteiger partial charge in [-0.15, -0.1) is 0 Å². The molecule has 1 fully saturated rings. The Bertz CT molecular complexity index is 1000. The van der Waals surface area contributed by atoms with Gasteiger partial charge in [0.25, 0.3) is 0 Å². The Hall–Kier alpha value is -2.88. The van der Waals surface area contributed by atoms with Crippen LogP contribution in [0.2, 0.25) is 0 Å². The Balaban J connectivity index is 1.48. The molecule has 0 spiro atoms. The smallest absolute Gasteiger partial charge is 0.137 e. The summed E-state index contributed by atoms with van der Waals surface area (Å²) in [7, 11) is 0. The fraction of sp³-hybridized carbons (Fsp3) is 0.238. The van der Waals surface area contributed by atoms with Gasteiger partial charge in [-0.25, -0.2) is 9.97 Å². The molecule has 1 aliphatic rings. The molecular weight excluding hydrogens is 308 g/mol. The lowest BCUT2D eigenvalue weighted by atomic mass is 10.0. The first-order valence-corrected chi connectivity index (χ1v) is 8.94. The number of pyridine rings is 1. The van der Waals surface area contributed by atoms with E-state index in [-0.39, 0.29) is 0 Å². The van der Waals surface area contributed by atoms with Crippen LogP contribution in [0, 0.1) is 0 Å². The fourth-order valence-corrected chi connectivity index (χ4v) is 3.93. The summed E-state index contributed by atoms with van der Waals surface area (Å²) in [4.78, 5) is 12.0. The highest BCUT2D eigenvalue weighted by atomic mass is 15.1. The van der Waals surface area contributed by atoms with E-state index in [9.17, 15) is 0 Å². The molecule has 0 radical (unpaired) electrons. The van der Waals surface area contributed by atoms with Crippen molar-refractivity contribution in [2.45, 2.75) is 31.7 Å². The molecule has 25 heavy (non-hydrogen) atoms. The molecule has 124 valence electrons. The number of nitrogens with zero attached hydrogens (tertiary/aromatic N) is 3. The molecule has 4 nitrogen and oxygen atoms in total. The average molecular weight is 328 g/mol. The van der Waals surface area contributed by atoms with E-state index in [0.29, 0.717) is 6.04 Å². The van der Waals surface area contributed by atoms with Crippen molar-refractivity contribution in [2.24, 2.45) is 0 Å². The number of imidazole rings is 1. The van der Waals surface area contributed by atoms with E-state index < -0.39 is 0 Å². The molecular formula is C21H20N4. The highest BCUT2D eigenvalue weighted by Gasteiger charge is 2.19. The molecule has 4 heteroatoms. The first-order chi connectivity index (χ1) is 12.4. The molecule has 3 aromatic heterocycles. The Morgan fingerprint density at radius 1 is 0.920 bits per heavy atom. The van der Waals surface area contributed by atoms with Crippen LogP contribution in [-0.4, -0.2) is 19.5 Å². The fourth-order valence-electron chi connectivity index (χ4n) is 3.93. The summed E-state index contributed by atoms with van der Waals surface area (Å²) in [6, 6.07) is 13.6. The van der Waals surface area contributed by atoms with E-state index in [1.54, 1.807) is 0 Å². The molecule has 0 bridgehead atoms. The molecule has 0 saturated heterocycles. The maximum atomic E-state index is 4.49. The van der Waals surface area contributed by atoms with Crippen molar-refractivity contribution in [1.82, 2.24) is 19.5 Å². The van der Waals surface area contributed by atoms with Crippen molar-refractivity contribution in [3.63, 3.8) is 0 Å². The minimum absolute atomic E-state index is 0.609. The number of hydrogen-bond acceptors (Lipinski definition) is 2. The molecule has 0 amide bonds. The monoisotopic (exact) mass is 328 g/mol. The first kappa shape index (κ1) is 14.5. The number of hydrogen-bond donors (Lipinski definition) is 1. The van der Waals surface area contributed by atoms with Gasteiger partial charge in [0, 0.05) is 29.4 Å². The van der Waals surface area contributed by atoms with Crippen molar-refractivity contribution in [2.75, 3.05) is 0 Å². The van der Waals surface area contributed by atoms with Gasteiger partial charge >= 0.3 is 0 Å². The second kappa shape index (κ2) is 5.88. The van der Waals surface area contributed by atoms with Gasteiger partial charge in [-0.3, -0.25) is 0 Å². The van der Waals surface area contributed by atoms with E-state index in [4.69, 9.17) is 0 Å². The predicted molar refractivity (Wildman–Crippen MR) is 100 cm³/mol. The number of aromatic amines is 1. The van der Waals surface area contributed by atoms with Gasteiger partial charge in [0.05, 0.1) is 18.2 Å². The largest absolute Gasteiger partial charge is 0.346 e. The molecule has 3 heterocycles. The lowest BCUT2D eigenvalue weighted by Crippen LogP contribution is -2.04. The number of aromatic nitrogens is 4. The topological polar surface area (TPSA) is 46.5 Å². The summed E-state index contributed by atoms with van der Waals surface area (Å²) in [6.07, 6.45) is 13.0. The minimum atomic E-state index is 0.609. The predicted octanol–water partition coefficient (Wildman–Crippen LogP) is 5.21. The molecule has 4 aromatic rings. The highest BCUT2D eigenvalue weighted by Crippen LogP contribution is 2.34. The summed E-state index contributed by atoms with van der Waals surface area (Å²) < 4.78 is 2.36. The Kier molecular flexibility index (Phi) is 3.40.